The third-order valence-corrected chi connectivity index (χ3v) is 3.07. The average Bonchev–Trinajstić information content (AvgIpc) is 2.17. The monoisotopic (exact) mass is 283 g/mol. The van der Waals surface area contributed by atoms with Crippen molar-refractivity contribution in [2.24, 2.45) is 5.41 Å². The summed E-state index contributed by atoms with van der Waals surface area (Å²) in [5.41, 5.74) is 1.94. The first-order valence-electron chi connectivity index (χ1n) is 5.34. The van der Waals surface area contributed by atoms with Crippen LogP contribution in [0.4, 0.5) is 0 Å². The molecule has 88 valence electrons. The van der Waals surface area contributed by atoms with Crippen LogP contribution < -0.4 is 5.32 Å². The van der Waals surface area contributed by atoms with Crippen molar-refractivity contribution in [2.75, 3.05) is 6.54 Å². The highest BCUT2D eigenvalue weighted by atomic mass is 79.9. The molecule has 0 fully saturated rings. The third kappa shape index (κ3) is 3.97. The van der Waals surface area contributed by atoms with E-state index in [2.05, 4.69) is 42.0 Å². The predicted octanol–water partition coefficient (Wildman–Crippen LogP) is 3.53. The molecule has 1 aromatic carbocycles. The normalized spacial score (nSPS) is 11.3. The van der Waals surface area contributed by atoms with E-state index in [1.807, 2.05) is 25.1 Å². The second kappa shape index (κ2) is 5.00. The van der Waals surface area contributed by atoms with E-state index >= 15 is 0 Å². The third-order valence-electron chi connectivity index (χ3n) is 2.21. The summed E-state index contributed by atoms with van der Waals surface area (Å²) in [6, 6.07) is 5.64. The quantitative estimate of drug-likeness (QED) is 0.884. The van der Waals surface area contributed by atoms with E-state index in [-0.39, 0.29) is 11.3 Å². The SMILES string of the molecule is Cc1ccc(C(=O)NCC(C)(C)C)cc1Br. The van der Waals surface area contributed by atoms with Gasteiger partial charge in [-0.1, -0.05) is 42.8 Å². The second-order valence-electron chi connectivity index (χ2n) is 5.21. The maximum Gasteiger partial charge on any atom is 0.251 e. The molecular formula is C13H18BrNO. The van der Waals surface area contributed by atoms with Gasteiger partial charge in [0, 0.05) is 16.6 Å². The van der Waals surface area contributed by atoms with Gasteiger partial charge in [0.1, 0.15) is 0 Å². The highest BCUT2D eigenvalue weighted by molar-refractivity contribution is 9.10. The Morgan fingerprint density at radius 2 is 2.00 bits per heavy atom. The zero-order valence-electron chi connectivity index (χ0n) is 10.2. The Hall–Kier alpha value is -0.830. The van der Waals surface area contributed by atoms with Crippen molar-refractivity contribution in [1.82, 2.24) is 5.32 Å². The van der Waals surface area contributed by atoms with Crippen LogP contribution in [0.25, 0.3) is 0 Å². The van der Waals surface area contributed by atoms with Crippen molar-refractivity contribution in [2.45, 2.75) is 27.7 Å². The zero-order valence-corrected chi connectivity index (χ0v) is 11.8. The molecule has 0 aliphatic carbocycles. The van der Waals surface area contributed by atoms with Gasteiger partial charge in [-0.05, 0) is 30.0 Å². The standard InChI is InChI=1S/C13H18BrNO/c1-9-5-6-10(7-11(9)14)12(16)15-8-13(2,3)4/h5-7H,8H2,1-4H3,(H,15,16). The maximum absolute atomic E-state index is 11.8. The first kappa shape index (κ1) is 13.2. The minimum atomic E-state index is -0.0179. The van der Waals surface area contributed by atoms with Crippen LogP contribution in [0.3, 0.4) is 0 Å². The van der Waals surface area contributed by atoms with Gasteiger partial charge in [0.05, 0.1) is 0 Å². The molecule has 0 aliphatic rings. The van der Waals surface area contributed by atoms with E-state index < -0.39 is 0 Å². The lowest BCUT2D eigenvalue weighted by Crippen LogP contribution is -2.32. The molecule has 0 atom stereocenters. The Bertz CT molecular complexity index is 393. The first-order chi connectivity index (χ1) is 7.29. The summed E-state index contributed by atoms with van der Waals surface area (Å²) in [6.45, 7) is 8.97. The van der Waals surface area contributed by atoms with Crippen molar-refractivity contribution in [3.05, 3.63) is 33.8 Å². The summed E-state index contributed by atoms with van der Waals surface area (Å²) in [5, 5.41) is 2.93. The first-order valence-corrected chi connectivity index (χ1v) is 6.13. The maximum atomic E-state index is 11.8. The number of benzene rings is 1. The smallest absolute Gasteiger partial charge is 0.251 e. The number of aryl methyl sites for hydroxylation is 1. The number of halogens is 1. The van der Waals surface area contributed by atoms with Crippen LogP contribution >= 0.6 is 15.9 Å². The van der Waals surface area contributed by atoms with Crippen LogP contribution in [-0.2, 0) is 0 Å². The van der Waals surface area contributed by atoms with E-state index in [0.29, 0.717) is 12.1 Å². The number of carbonyl (C=O) groups is 1. The lowest BCUT2D eigenvalue weighted by atomic mass is 9.97. The van der Waals surface area contributed by atoms with Crippen molar-refractivity contribution in [1.29, 1.82) is 0 Å². The fourth-order valence-electron chi connectivity index (χ4n) is 1.18. The molecule has 1 amide bonds. The summed E-state index contributed by atoms with van der Waals surface area (Å²) < 4.78 is 0.968. The van der Waals surface area contributed by atoms with E-state index in [9.17, 15) is 4.79 Å². The van der Waals surface area contributed by atoms with Crippen molar-refractivity contribution in [3.63, 3.8) is 0 Å². The summed E-state index contributed by atoms with van der Waals surface area (Å²) in [7, 11) is 0. The fraction of sp³-hybridized carbons (Fsp3) is 0.462. The van der Waals surface area contributed by atoms with Crippen LogP contribution in [-0.4, -0.2) is 12.5 Å². The van der Waals surface area contributed by atoms with E-state index in [1.54, 1.807) is 0 Å². The van der Waals surface area contributed by atoms with E-state index in [1.165, 1.54) is 0 Å². The summed E-state index contributed by atoms with van der Waals surface area (Å²) in [4.78, 5) is 11.8. The Labute approximate surface area is 106 Å². The number of nitrogens with one attached hydrogen (secondary N) is 1. The van der Waals surface area contributed by atoms with Gasteiger partial charge < -0.3 is 5.32 Å². The lowest BCUT2D eigenvalue weighted by Gasteiger charge is -2.18. The molecule has 0 unspecified atom stereocenters. The van der Waals surface area contributed by atoms with Gasteiger partial charge in [-0.3, -0.25) is 4.79 Å². The van der Waals surface area contributed by atoms with Crippen molar-refractivity contribution < 1.29 is 4.79 Å². The van der Waals surface area contributed by atoms with Gasteiger partial charge in [-0.15, -0.1) is 0 Å². The van der Waals surface area contributed by atoms with Crippen LogP contribution in [0.15, 0.2) is 22.7 Å². The number of hydrogen-bond donors (Lipinski definition) is 1. The highest BCUT2D eigenvalue weighted by Crippen LogP contribution is 2.18. The molecule has 0 saturated carbocycles. The molecule has 1 rings (SSSR count). The highest BCUT2D eigenvalue weighted by Gasteiger charge is 2.13. The van der Waals surface area contributed by atoms with Crippen LogP contribution in [0.2, 0.25) is 0 Å². The number of carbonyl (C=O) groups excluding carboxylic acids is 1. The molecule has 16 heavy (non-hydrogen) atoms. The minimum absolute atomic E-state index is 0.0179. The molecule has 0 spiro atoms. The molecule has 3 heteroatoms. The average molecular weight is 284 g/mol. The molecular weight excluding hydrogens is 266 g/mol. The summed E-state index contributed by atoms with van der Waals surface area (Å²) >= 11 is 3.42. The fourth-order valence-corrected chi connectivity index (χ4v) is 1.56. The largest absolute Gasteiger partial charge is 0.352 e. The minimum Gasteiger partial charge on any atom is -0.352 e. The van der Waals surface area contributed by atoms with Crippen molar-refractivity contribution in [3.8, 4) is 0 Å². The summed E-state index contributed by atoms with van der Waals surface area (Å²) in [6.07, 6.45) is 0. The molecule has 0 aromatic heterocycles. The Morgan fingerprint density at radius 3 is 2.50 bits per heavy atom. The van der Waals surface area contributed by atoms with Gasteiger partial charge in [0.2, 0.25) is 0 Å². The Balaban J connectivity index is 2.70. The molecule has 1 N–H and O–H groups in total. The number of hydrogen-bond acceptors (Lipinski definition) is 1. The molecule has 1 aromatic rings. The van der Waals surface area contributed by atoms with Gasteiger partial charge in [-0.25, -0.2) is 0 Å². The lowest BCUT2D eigenvalue weighted by molar-refractivity contribution is 0.0939. The van der Waals surface area contributed by atoms with Crippen LogP contribution in [0, 0.1) is 12.3 Å². The van der Waals surface area contributed by atoms with Gasteiger partial charge in [0.25, 0.3) is 5.91 Å². The number of amides is 1. The summed E-state index contributed by atoms with van der Waals surface area (Å²) in [5.74, 6) is -0.0179. The van der Waals surface area contributed by atoms with Gasteiger partial charge >= 0.3 is 0 Å². The molecule has 0 bridgehead atoms. The Kier molecular flexibility index (Phi) is 4.14. The zero-order chi connectivity index (χ0) is 12.3. The number of rotatable bonds is 2. The molecule has 2 nitrogen and oxygen atoms in total. The van der Waals surface area contributed by atoms with E-state index in [0.717, 1.165) is 10.0 Å². The Morgan fingerprint density at radius 1 is 1.38 bits per heavy atom. The van der Waals surface area contributed by atoms with Crippen LogP contribution in [0.1, 0.15) is 36.7 Å². The van der Waals surface area contributed by atoms with Crippen LogP contribution in [0.5, 0.6) is 0 Å². The predicted molar refractivity (Wildman–Crippen MR) is 70.7 cm³/mol. The molecule has 0 aliphatic heterocycles. The molecule has 0 radical (unpaired) electrons. The van der Waals surface area contributed by atoms with E-state index in [4.69, 9.17) is 0 Å². The van der Waals surface area contributed by atoms with Crippen molar-refractivity contribution >= 4 is 21.8 Å². The molecule has 0 saturated heterocycles. The second-order valence-corrected chi connectivity index (χ2v) is 6.06. The topological polar surface area (TPSA) is 29.1 Å². The van der Waals surface area contributed by atoms with Gasteiger partial charge in [0.15, 0.2) is 0 Å². The van der Waals surface area contributed by atoms with Gasteiger partial charge in [-0.2, -0.15) is 0 Å². The molecule has 0 heterocycles.